The minimum absolute atomic E-state index is 0.0970. The number of aryl methyl sites for hydroxylation is 2. The van der Waals surface area contributed by atoms with Gasteiger partial charge in [-0.1, -0.05) is 6.42 Å². The fourth-order valence-electron chi connectivity index (χ4n) is 5.29. The fourth-order valence-corrected chi connectivity index (χ4v) is 5.29. The summed E-state index contributed by atoms with van der Waals surface area (Å²) in [6.45, 7) is 12.0. The number of fused-ring (bicyclic) bond motifs is 3. The number of hydrogen-bond donors (Lipinski definition) is 1. The Morgan fingerprint density at radius 1 is 1.24 bits per heavy atom. The molecule has 3 fully saturated rings. The molecule has 3 aliphatic heterocycles. The number of aromatic nitrogens is 2. The van der Waals surface area contributed by atoms with Crippen LogP contribution in [0.2, 0.25) is 0 Å². The molecule has 4 heterocycles. The molecule has 1 aromatic heterocycles. The van der Waals surface area contributed by atoms with Crippen LogP contribution in [0, 0.1) is 25.7 Å². The van der Waals surface area contributed by atoms with Crippen molar-refractivity contribution < 1.29 is 4.79 Å². The SMILES string of the molecule is CCn1nc(C)c(CNC(=O)N2C[C@@H]3CN4CCCC[C@@H]4[C@@H]3C2)c1C. The van der Waals surface area contributed by atoms with Crippen LogP contribution in [0.25, 0.3) is 0 Å². The topological polar surface area (TPSA) is 53.4 Å². The highest BCUT2D eigenvalue weighted by atomic mass is 16.2. The maximum atomic E-state index is 12.7. The Labute approximate surface area is 150 Å². The summed E-state index contributed by atoms with van der Waals surface area (Å²) in [5, 5.41) is 7.68. The Kier molecular flexibility index (Phi) is 4.48. The van der Waals surface area contributed by atoms with E-state index in [2.05, 4.69) is 34.1 Å². The minimum Gasteiger partial charge on any atom is -0.334 e. The first-order valence-electron chi connectivity index (χ1n) is 9.88. The number of nitrogens with one attached hydrogen (secondary N) is 1. The lowest BCUT2D eigenvalue weighted by Gasteiger charge is -2.33. The van der Waals surface area contributed by atoms with E-state index in [0.717, 1.165) is 42.6 Å². The summed E-state index contributed by atoms with van der Waals surface area (Å²) in [5.74, 6) is 1.37. The van der Waals surface area contributed by atoms with Gasteiger partial charge in [0.25, 0.3) is 0 Å². The van der Waals surface area contributed by atoms with Gasteiger partial charge in [0, 0.05) is 50.0 Å². The zero-order chi connectivity index (χ0) is 17.6. The van der Waals surface area contributed by atoms with Crippen molar-refractivity contribution in [3.8, 4) is 0 Å². The third-order valence-corrected chi connectivity index (χ3v) is 6.65. The van der Waals surface area contributed by atoms with Crippen LogP contribution in [0.1, 0.15) is 43.1 Å². The number of urea groups is 1. The van der Waals surface area contributed by atoms with E-state index in [1.807, 2.05) is 11.6 Å². The first-order valence-corrected chi connectivity index (χ1v) is 9.88. The second-order valence-electron chi connectivity index (χ2n) is 8.01. The number of nitrogens with zero attached hydrogens (tertiary/aromatic N) is 4. The van der Waals surface area contributed by atoms with E-state index in [1.54, 1.807) is 0 Å². The smallest absolute Gasteiger partial charge is 0.317 e. The van der Waals surface area contributed by atoms with E-state index in [-0.39, 0.29) is 6.03 Å². The van der Waals surface area contributed by atoms with Gasteiger partial charge in [-0.3, -0.25) is 9.58 Å². The number of amides is 2. The summed E-state index contributed by atoms with van der Waals surface area (Å²) in [6.07, 6.45) is 4.03. The van der Waals surface area contributed by atoms with Gasteiger partial charge < -0.3 is 10.2 Å². The molecule has 1 N–H and O–H groups in total. The Hall–Kier alpha value is -1.56. The third kappa shape index (κ3) is 2.94. The van der Waals surface area contributed by atoms with Gasteiger partial charge in [-0.05, 0) is 52.0 Å². The Balaban J connectivity index is 1.35. The number of carbonyl (C=O) groups is 1. The lowest BCUT2D eigenvalue weighted by Crippen LogP contribution is -2.43. The van der Waals surface area contributed by atoms with Gasteiger partial charge >= 0.3 is 6.03 Å². The first kappa shape index (κ1) is 16.9. The van der Waals surface area contributed by atoms with Gasteiger partial charge in [-0.2, -0.15) is 5.10 Å². The summed E-state index contributed by atoms with van der Waals surface area (Å²) < 4.78 is 2.01. The standard InChI is InChI=1S/C19H31N5O/c1-4-24-14(3)16(13(2)21-24)9-20-19(25)23-11-15-10-22-8-6-5-7-18(22)17(15)12-23/h15,17-18H,4-12H2,1-3H3,(H,20,25)/t15-,17+,18+/m0/s1. The summed E-state index contributed by atoms with van der Waals surface area (Å²) >= 11 is 0. The molecule has 0 aromatic carbocycles. The van der Waals surface area contributed by atoms with E-state index >= 15 is 0 Å². The van der Waals surface area contributed by atoms with E-state index < -0.39 is 0 Å². The summed E-state index contributed by atoms with van der Waals surface area (Å²) in [5.41, 5.74) is 3.35. The zero-order valence-corrected chi connectivity index (χ0v) is 15.8. The van der Waals surface area contributed by atoms with E-state index in [1.165, 1.54) is 32.4 Å². The van der Waals surface area contributed by atoms with Crippen LogP contribution in [0.5, 0.6) is 0 Å². The largest absolute Gasteiger partial charge is 0.334 e. The van der Waals surface area contributed by atoms with Crippen molar-refractivity contribution in [2.24, 2.45) is 11.8 Å². The van der Waals surface area contributed by atoms with Crippen LogP contribution in [0.15, 0.2) is 0 Å². The molecule has 0 unspecified atom stereocenters. The Morgan fingerprint density at radius 3 is 2.84 bits per heavy atom. The van der Waals surface area contributed by atoms with Crippen LogP contribution >= 0.6 is 0 Å². The summed E-state index contributed by atoms with van der Waals surface area (Å²) in [4.78, 5) is 17.4. The molecule has 0 radical (unpaired) electrons. The van der Waals surface area contributed by atoms with Crippen LogP contribution in [0.4, 0.5) is 4.79 Å². The highest BCUT2D eigenvalue weighted by Gasteiger charge is 2.48. The molecule has 0 bridgehead atoms. The Morgan fingerprint density at radius 2 is 2.08 bits per heavy atom. The lowest BCUT2D eigenvalue weighted by atomic mass is 9.90. The first-order chi connectivity index (χ1) is 12.1. The van der Waals surface area contributed by atoms with E-state index in [0.29, 0.717) is 18.4 Å². The molecule has 4 rings (SSSR count). The molecular formula is C19H31N5O. The minimum atomic E-state index is 0.0970. The third-order valence-electron chi connectivity index (χ3n) is 6.65. The highest BCUT2D eigenvalue weighted by Crippen LogP contribution is 2.40. The van der Waals surface area contributed by atoms with Crippen molar-refractivity contribution in [3.05, 3.63) is 17.0 Å². The van der Waals surface area contributed by atoms with E-state index in [4.69, 9.17) is 0 Å². The van der Waals surface area contributed by atoms with Crippen LogP contribution in [-0.4, -0.2) is 57.8 Å². The van der Waals surface area contributed by atoms with E-state index in [9.17, 15) is 4.79 Å². The molecule has 6 nitrogen and oxygen atoms in total. The number of carbonyl (C=O) groups excluding carboxylic acids is 1. The molecule has 1 aromatic rings. The van der Waals surface area contributed by atoms with Crippen molar-refractivity contribution in [2.75, 3.05) is 26.2 Å². The molecule has 0 spiro atoms. The van der Waals surface area contributed by atoms with Crippen LogP contribution in [0.3, 0.4) is 0 Å². The second-order valence-corrected chi connectivity index (χ2v) is 8.01. The van der Waals surface area contributed by atoms with Crippen molar-refractivity contribution in [1.82, 2.24) is 24.9 Å². The van der Waals surface area contributed by atoms with Gasteiger partial charge in [0.2, 0.25) is 0 Å². The molecule has 25 heavy (non-hydrogen) atoms. The summed E-state index contributed by atoms with van der Waals surface area (Å²) in [7, 11) is 0. The average molecular weight is 345 g/mol. The molecule has 3 saturated heterocycles. The molecular weight excluding hydrogens is 314 g/mol. The molecule has 6 heteroatoms. The number of piperidine rings is 1. The van der Waals surface area contributed by atoms with Crippen molar-refractivity contribution in [3.63, 3.8) is 0 Å². The number of hydrogen-bond acceptors (Lipinski definition) is 3. The van der Waals surface area contributed by atoms with Gasteiger partial charge in [0.05, 0.1) is 5.69 Å². The number of rotatable bonds is 3. The van der Waals surface area contributed by atoms with Gasteiger partial charge in [0.1, 0.15) is 0 Å². The van der Waals surface area contributed by atoms with Gasteiger partial charge in [-0.25, -0.2) is 4.79 Å². The van der Waals surface area contributed by atoms with Crippen LogP contribution < -0.4 is 5.32 Å². The molecule has 0 saturated carbocycles. The number of likely N-dealkylation sites (tertiary alicyclic amines) is 1. The van der Waals surface area contributed by atoms with Crippen LogP contribution in [-0.2, 0) is 13.1 Å². The predicted molar refractivity (Wildman–Crippen MR) is 97.4 cm³/mol. The highest BCUT2D eigenvalue weighted by molar-refractivity contribution is 5.74. The second kappa shape index (κ2) is 6.63. The zero-order valence-electron chi connectivity index (χ0n) is 15.8. The maximum absolute atomic E-state index is 12.7. The maximum Gasteiger partial charge on any atom is 0.317 e. The lowest BCUT2D eigenvalue weighted by molar-refractivity contribution is 0.154. The predicted octanol–water partition coefficient (Wildman–Crippen LogP) is 2.15. The molecule has 3 atom stereocenters. The normalized spacial score (nSPS) is 28.9. The molecule has 2 amide bonds. The molecule has 3 aliphatic rings. The summed E-state index contributed by atoms with van der Waals surface area (Å²) in [6, 6.07) is 0.823. The molecule has 0 aliphatic carbocycles. The average Bonchev–Trinajstić information content (AvgIpc) is 3.24. The van der Waals surface area contributed by atoms with Gasteiger partial charge in [0.15, 0.2) is 0 Å². The quantitative estimate of drug-likeness (QED) is 0.913. The van der Waals surface area contributed by atoms with Crippen molar-refractivity contribution >= 4 is 6.03 Å². The van der Waals surface area contributed by atoms with Gasteiger partial charge in [-0.15, -0.1) is 0 Å². The monoisotopic (exact) mass is 345 g/mol. The van der Waals surface area contributed by atoms with Crippen molar-refractivity contribution in [2.45, 2.75) is 59.2 Å². The molecule has 138 valence electrons. The van der Waals surface area contributed by atoms with Crippen molar-refractivity contribution in [1.29, 1.82) is 0 Å². The fraction of sp³-hybridized carbons (Fsp3) is 0.789. The Bertz CT molecular complexity index is 654.